The van der Waals surface area contributed by atoms with Gasteiger partial charge in [-0.15, -0.1) is 0 Å². The number of imide groups is 1. The Bertz CT molecular complexity index is 1610. The maximum Gasteiger partial charge on any atom is 0.335 e. The zero-order valence-corrected chi connectivity index (χ0v) is 23.8. The van der Waals surface area contributed by atoms with Crippen molar-refractivity contribution in [3.63, 3.8) is 0 Å². The van der Waals surface area contributed by atoms with Crippen LogP contribution < -0.4 is 14.4 Å². The molecule has 9 nitrogen and oxygen atoms in total. The third-order valence-corrected chi connectivity index (χ3v) is 8.01. The number of aromatic carboxylic acids is 1. The maximum atomic E-state index is 13.4. The molecule has 0 bridgehead atoms. The summed E-state index contributed by atoms with van der Waals surface area (Å²) < 4.78 is 11.5. The van der Waals surface area contributed by atoms with Gasteiger partial charge in [0, 0.05) is 5.02 Å². The van der Waals surface area contributed by atoms with Crippen molar-refractivity contribution in [1.82, 2.24) is 4.90 Å². The van der Waals surface area contributed by atoms with Crippen LogP contribution in [0.5, 0.6) is 11.5 Å². The van der Waals surface area contributed by atoms with Gasteiger partial charge in [0.2, 0.25) is 5.91 Å². The smallest absolute Gasteiger partial charge is 0.335 e. The Labute approximate surface area is 249 Å². The van der Waals surface area contributed by atoms with Gasteiger partial charge in [0.15, 0.2) is 11.5 Å². The fourth-order valence-electron chi connectivity index (χ4n) is 4.38. The predicted molar refractivity (Wildman–Crippen MR) is 158 cm³/mol. The van der Waals surface area contributed by atoms with Crippen LogP contribution in [-0.2, 0) is 21.0 Å². The van der Waals surface area contributed by atoms with Crippen LogP contribution in [0.2, 0.25) is 5.02 Å². The molecule has 2 aliphatic heterocycles. The van der Waals surface area contributed by atoms with Crippen LogP contribution in [0.4, 0.5) is 5.69 Å². The zero-order chi connectivity index (χ0) is 29.3. The van der Waals surface area contributed by atoms with E-state index in [0.29, 0.717) is 28.7 Å². The molecule has 1 unspecified atom stereocenters. The molecule has 0 aromatic heterocycles. The highest BCUT2D eigenvalue weighted by molar-refractivity contribution is 8.26. The number of hydrogen-bond donors (Lipinski definition) is 1. The molecule has 3 aromatic rings. The average Bonchev–Trinajstić information content (AvgIpc) is 3.40. The largest absolute Gasteiger partial charge is 0.493 e. The number of thiocarbonyl (C=S) groups is 1. The van der Waals surface area contributed by atoms with Crippen LogP contribution in [0.1, 0.15) is 27.9 Å². The third-order valence-electron chi connectivity index (χ3n) is 6.42. The first-order valence-corrected chi connectivity index (χ1v) is 13.8. The molecule has 1 atom stereocenters. The minimum absolute atomic E-state index is 0.0178. The van der Waals surface area contributed by atoms with E-state index >= 15 is 0 Å². The number of thioether (sulfide) groups is 1. The maximum absolute atomic E-state index is 13.4. The summed E-state index contributed by atoms with van der Waals surface area (Å²) in [6.45, 7) is 0.306. The molecule has 3 aromatic carbocycles. The summed E-state index contributed by atoms with van der Waals surface area (Å²) >= 11 is 12.4. The molecular formula is C29H21ClN2O7S2. The van der Waals surface area contributed by atoms with Gasteiger partial charge in [-0.1, -0.05) is 53.8 Å². The number of amides is 3. The SMILES string of the molecule is COc1cc(/C=C2\SC(=S)N(C3CC(=O)N(c4ccc(C(=O)O)cc4)C3=O)C2=O)ccc1OCc1ccc(Cl)cc1. The topological polar surface area (TPSA) is 113 Å². The number of carboxylic acids is 1. The average molecular weight is 609 g/mol. The predicted octanol–water partition coefficient (Wildman–Crippen LogP) is 5.16. The van der Waals surface area contributed by atoms with Crippen LogP contribution in [0, 0.1) is 0 Å². The van der Waals surface area contributed by atoms with Crippen molar-refractivity contribution in [2.45, 2.75) is 19.1 Å². The van der Waals surface area contributed by atoms with E-state index < -0.39 is 29.7 Å². The highest BCUT2D eigenvalue weighted by Crippen LogP contribution is 2.38. The summed E-state index contributed by atoms with van der Waals surface area (Å²) in [5.41, 5.74) is 1.82. The minimum atomic E-state index is -1.13. The standard InChI is InChI=1S/C29H21ClN2O7S2/c1-38-23-12-17(4-11-22(23)39-15-16-2-7-19(30)8-3-16)13-24-27(35)32(29(40)41-24)21-14-25(33)31(26(21)34)20-9-5-18(6-10-20)28(36)37/h2-13,21H,14-15H2,1H3,(H,36,37)/b24-13-. The number of carbonyl (C=O) groups is 4. The van der Waals surface area contributed by atoms with Gasteiger partial charge in [0.05, 0.1) is 29.7 Å². The molecule has 0 saturated carbocycles. The fourth-order valence-corrected chi connectivity index (χ4v) is 5.86. The van der Waals surface area contributed by atoms with Crippen molar-refractivity contribution < 1.29 is 33.8 Å². The monoisotopic (exact) mass is 608 g/mol. The van der Waals surface area contributed by atoms with E-state index in [1.165, 1.54) is 36.3 Å². The Morgan fingerprint density at radius 3 is 2.44 bits per heavy atom. The highest BCUT2D eigenvalue weighted by atomic mass is 35.5. The lowest BCUT2D eigenvalue weighted by Gasteiger charge is -2.21. The Kier molecular flexibility index (Phi) is 8.11. The minimum Gasteiger partial charge on any atom is -0.493 e. The lowest BCUT2D eigenvalue weighted by molar-refractivity contribution is -0.129. The van der Waals surface area contributed by atoms with Crippen molar-refractivity contribution in [2.24, 2.45) is 0 Å². The Hall–Kier alpha value is -4.19. The van der Waals surface area contributed by atoms with Gasteiger partial charge in [0.25, 0.3) is 11.8 Å². The van der Waals surface area contributed by atoms with Crippen LogP contribution >= 0.6 is 35.6 Å². The van der Waals surface area contributed by atoms with Crippen LogP contribution in [0.15, 0.2) is 71.6 Å². The van der Waals surface area contributed by atoms with Crippen LogP contribution in [0.3, 0.4) is 0 Å². The van der Waals surface area contributed by atoms with Gasteiger partial charge >= 0.3 is 5.97 Å². The molecule has 0 aliphatic carbocycles. The normalized spacial score (nSPS) is 18.0. The van der Waals surface area contributed by atoms with Crippen molar-refractivity contribution >= 4 is 75.4 Å². The quantitative estimate of drug-likeness (QED) is 0.210. The molecule has 3 amide bonds. The van der Waals surface area contributed by atoms with E-state index in [9.17, 15) is 19.2 Å². The Morgan fingerprint density at radius 2 is 1.78 bits per heavy atom. The van der Waals surface area contributed by atoms with Gasteiger partial charge in [0.1, 0.15) is 17.0 Å². The Balaban J connectivity index is 1.31. The molecule has 1 N–H and O–H groups in total. The summed E-state index contributed by atoms with van der Waals surface area (Å²) in [5.74, 6) is -1.77. The number of halogens is 1. The van der Waals surface area contributed by atoms with Crippen molar-refractivity contribution in [3.8, 4) is 11.5 Å². The number of anilines is 1. The Morgan fingerprint density at radius 1 is 1.07 bits per heavy atom. The molecule has 208 valence electrons. The van der Waals surface area contributed by atoms with Gasteiger partial charge in [-0.05, 0) is 65.7 Å². The summed E-state index contributed by atoms with van der Waals surface area (Å²) in [6.07, 6.45) is 1.39. The molecule has 2 fully saturated rings. The van der Waals surface area contributed by atoms with Crippen LogP contribution in [-0.4, -0.2) is 51.2 Å². The molecule has 5 rings (SSSR count). The summed E-state index contributed by atoms with van der Waals surface area (Å²) in [7, 11) is 1.51. The fraction of sp³-hybridized carbons (Fsp3) is 0.138. The summed E-state index contributed by atoms with van der Waals surface area (Å²) in [4.78, 5) is 52.9. The molecule has 0 radical (unpaired) electrons. The third kappa shape index (κ3) is 5.83. The van der Waals surface area contributed by atoms with E-state index in [2.05, 4.69) is 0 Å². The molecule has 41 heavy (non-hydrogen) atoms. The zero-order valence-electron chi connectivity index (χ0n) is 21.4. The van der Waals surface area contributed by atoms with Crippen LogP contribution in [0.25, 0.3) is 6.08 Å². The number of ether oxygens (including phenoxy) is 2. The number of methoxy groups -OCH3 is 1. The van der Waals surface area contributed by atoms with E-state index in [-0.39, 0.29) is 26.9 Å². The first kappa shape index (κ1) is 28.3. The number of benzene rings is 3. The van der Waals surface area contributed by atoms with E-state index in [4.69, 9.17) is 38.4 Å². The van der Waals surface area contributed by atoms with E-state index in [1.54, 1.807) is 36.4 Å². The lowest BCUT2D eigenvalue weighted by Crippen LogP contribution is -2.44. The number of hydrogen-bond acceptors (Lipinski definition) is 8. The molecule has 2 aliphatic rings. The summed E-state index contributed by atoms with van der Waals surface area (Å²) in [6, 6.07) is 16.8. The first-order valence-electron chi connectivity index (χ1n) is 12.2. The second-order valence-electron chi connectivity index (χ2n) is 9.02. The number of carbonyl (C=O) groups excluding carboxylic acids is 3. The number of nitrogens with zero attached hydrogens (tertiary/aromatic N) is 2. The van der Waals surface area contributed by atoms with E-state index in [1.807, 2.05) is 12.1 Å². The molecule has 12 heteroatoms. The van der Waals surface area contributed by atoms with Gasteiger partial charge < -0.3 is 14.6 Å². The lowest BCUT2D eigenvalue weighted by atomic mass is 10.1. The van der Waals surface area contributed by atoms with Crippen molar-refractivity contribution in [3.05, 3.63) is 93.3 Å². The first-order chi connectivity index (χ1) is 19.7. The van der Waals surface area contributed by atoms with Gasteiger partial charge in [-0.2, -0.15) is 0 Å². The molecule has 2 heterocycles. The molecular weight excluding hydrogens is 588 g/mol. The van der Waals surface area contributed by atoms with Gasteiger partial charge in [-0.25, -0.2) is 9.69 Å². The second-order valence-corrected chi connectivity index (χ2v) is 11.1. The number of rotatable bonds is 8. The molecule has 0 spiro atoms. The van der Waals surface area contributed by atoms with E-state index in [0.717, 1.165) is 22.2 Å². The van der Waals surface area contributed by atoms with Crippen molar-refractivity contribution in [2.75, 3.05) is 12.0 Å². The summed E-state index contributed by atoms with van der Waals surface area (Å²) in [5, 5.41) is 9.74. The second kappa shape index (κ2) is 11.7. The van der Waals surface area contributed by atoms with Crippen molar-refractivity contribution in [1.29, 1.82) is 0 Å². The number of carboxylic acid groups (broad SMARTS) is 1. The molecule has 2 saturated heterocycles. The van der Waals surface area contributed by atoms with Gasteiger partial charge in [-0.3, -0.25) is 19.3 Å². The highest BCUT2D eigenvalue weighted by Gasteiger charge is 2.48.